The second-order valence-corrected chi connectivity index (χ2v) is 11.9. The van der Waals surface area contributed by atoms with E-state index in [4.69, 9.17) is 4.42 Å². The summed E-state index contributed by atoms with van der Waals surface area (Å²) in [6.45, 7) is 0. The molecule has 0 spiro atoms. The third-order valence-electron chi connectivity index (χ3n) is 8.44. The minimum Gasteiger partial charge on any atom is -0.455 e. The molecule has 0 aliphatic carbocycles. The van der Waals surface area contributed by atoms with Gasteiger partial charge in [-0.1, -0.05) is 103 Å². The number of nitrogens with zero attached hydrogens (tertiary/aromatic N) is 1. The molecule has 0 atom stereocenters. The molecule has 202 valence electrons. The Balaban J connectivity index is 1.40. The number of furan rings is 1. The number of anilines is 3. The largest absolute Gasteiger partial charge is 0.455 e. The van der Waals surface area contributed by atoms with Gasteiger partial charge in [-0.15, -0.1) is 11.3 Å². The van der Waals surface area contributed by atoms with Crippen LogP contribution in [0.2, 0.25) is 0 Å². The predicted molar refractivity (Wildman–Crippen MR) is 184 cm³/mol. The number of hydrogen-bond acceptors (Lipinski definition) is 3. The fourth-order valence-electron chi connectivity index (χ4n) is 6.58. The normalized spacial score (nSPS) is 11.7. The van der Waals surface area contributed by atoms with Crippen molar-refractivity contribution in [3.8, 4) is 11.1 Å². The molecule has 2 nitrogen and oxygen atoms in total. The zero-order chi connectivity index (χ0) is 28.3. The molecule has 9 rings (SSSR count). The van der Waals surface area contributed by atoms with Gasteiger partial charge in [-0.25, -0.2) is 0 Å². The molecule has 7 aromatic carbocycles. The summed E-state index contributed by atoms with van der Waals surface area (Å²) in [6, 6.07) is 54.0. The molecular weight excluding hydrogens is 543 g/mol. The van der Waals surface area contributed by atoms with Crippen LogP contribution in [0.1, 0.15) is 0 Å². The lowest BCUT2D eigenvalue weighted by atomic mass is 9.94. The molecule has 9 aromatic rings. The van der Waals surface area contributed by atoms with Crippen LogP contribution in [0.25, 0.3) is 64.0 Å². The van der Waals surface area contributed by atoms with Gasteiger partial charge in [0.25, 0.3) is 0 Å². The number of benzene rings is 7. The van der Waals surface area contributed by atoms with E-state index >= 15 is 0 Å². The van der Waals surface area contributed by atoms with E-state index in [0.717, 1.165) is 44.4 Å². The van der Waals surface area contributed by atoms with Crippen LogP contribution in [-0.2, 0) is 0 Å². The second kappa shape index (κ2) is 9.59. The van der Waals surface area contributed by atoms with Gasteiger partial charge in [-0.2, -0.15) is 0 Å². The van der Waals surface area contributed by atoms with Gasteiger partial charge in [0, 0.05) is 47.9 Å². The lowest BCUT2D eigenvalue weighted by molar-refractivity contribution is 0.672. The topological polar surface area (TPSA) is 16.4 Å². The van der Waals surface area contributed by atoms with E-state index in [9.17, 15) is 0 Å². The zero-order valence-corrected chi connectivity index (χ0v) is 24.0. The Bertz CT molecular complexity index is 2420. The molecule has 0 aliphatic rings. The van der Waals surface area contributed by atoms with E-state index in [2.05, 4.69) is 157 Å². The Morgan fingerprint density at radius 1 is 0.465 bits per heavy atom. The number of para-hydroxylation sites is 2. The highest BCUT2D eigenvalue weighted by Crippen LogP contribution is 2.48. The SMILES string of the molecule is c1ccc(N(c2ccccc2)c2cccc3oc4c5ccccc5c(-c5cccc6c5sc5ccccc56)cc4c23)cc1. The molecule has 0 N–H and O–H groups in total. The predicted octanol–water partition coefficient (Wildman–Crippen LogP) is 12.2. The van der Waals surface area contributed by atoms with E-state index < -0.39 is 0 Å². The maximum atomic E-state index is 6.73. The first kappa shape index (κ1) is 24.2. The second-order valence-electron chi connectivity index (χ2n) is 10.9. The van der Waals surface area contributed by atoms with E-state index in [-0.39, 0.29) is 0 Å². The highest BCUT2D eigenvalue weighted by Gasteiger charge is 2.22. The van der Waals surface area contributed by atoms with Crippen LogP contribution >= 0.6 is 11.3 Å². The third kappa shape index (κ3) is 3.72. The Labute approximate surface area is 252 Å². The van der Waals surface area contributed by atoms with Crippen molar-refractivity contribution in [2.45, 2.75) is 0 Å². The summed E-state index contributed by atoms with van der Waals surface area (Å²) in [5.74, 6) is 0. The first-order valence-electron chi connectivity index (χ1n) is 14.5. The molecule has 0 amide bonds. The van der Waals surface area contributed by atoms with Crippen molar-refractivity contribution < 1.29 is 4.42 Å². The first-order valence-corrected chi connectivity index (χ1v) is 15.3. The summed E-state index contributed by atoms with van der Waals surface area (Å²) >= 11 is 1.87. The summed E-state index contributed by atoms with van der Waals surface area (Å²) in [4.78, 5) is 2.33. The molecule has 0 bridgehead atoms. The summed E-state index contributed by atoms with van der Waals surface area (Å²) in [5, 5.41) is 7.17. The molecule has 0 unspecified atom stereocenters. The monoisotopic (exact) mass is 567 g/mol. The van der Waals surface area contributed by atoms with Crippen molar-refractivity contribution >= 4 is 81.3 Å². The Morgan fingerprint density at radius 2 is 1.09 bits per heavy atom. The molecule has 0 saturated carbocycles. The molecule has 2 aromatic heterocycles. The van der Waals surface area contributed by atoms with Crippen LogP contribution in [0.3, 0.4) is 0 Å². The van der Waals surface area contributed by atoms with Crippen molar-refractivity contribution in [2.75, 3.05) is 4.90 Å². The summed E-state index contributed by atoms with van der Waals surface area (Å²) in [5.41, 5.74) is 7.58. The molecule has 0 radical (unpaired) electrons. The number of thiophene rings is 1. The van der Waals surface area contributed by atoms with E-state index in [1.807, 2.05) is 11.3 Å². The Morgan fingerprint density at radius 3 is 1.86 bits per heavy atom. The van der Waals surface area contributed by atoms with E-state index in [1.165, 1.54) is 36.7 Å². The van der Waals surface area contributed by atoms with Crippen LogP contribution in [0.15, 0.2) is 156 Å². The smallest absolute Gasteiger partial charge is 0.143 e. The standard InChI is InChI=1S/C40H25NOS/c1-3-13-26(14-4-1)41(27-15-5-2-6-16-27)35-22-12-23-36-38(35)34-25-33(28-17-7-8-19-30(28)39(34)42-36)32-21-11-20-31-29-18-9-10-24-37(29)43-40(31)32/h1-25H. The van der Waals surface area contributed by atoms with Crippen molar-refractivity contribution in [3.63, 3.8) is 0 Å². The maximum Gasteiger partial charge on any atom is 0.143 e. The Kier molecular flexibility index (Phi) is 5.40. The minimum atomic E-state index is 0.881. The number of fused-ring (bicyclic) bond motifs is 8. The van der Waals surface area contributed by atoms with Crippen LogP contribution in [0.4, 0.5) is 17.1 Å². The summed E-state index contributed by atoms with van der Waals surface area (Å²) < 4.78 is 9.36. The highest BCUT2D eigenvalue weighted by molar-refractivity contribution is 7.26. The zero-order valence-electron chi connectivity index (χ0n) is 23.2. The van der Waals surface area contributed by atoms with Gasteiger partial charge >= 0.3 is 0 Å². The van der Waals surface area contributed by atoms with Gasteiger partial charge in [-0.05, 0) is 59.5 Å². The summed E-state index contributed by atoms with van der Waals surface area (Å²) in [6.07, 6.45) is 0. The fraction of sp³-hybridized carbons (Fsp3) is 0. The van der Waals surface area contributed by atoms with Gasteiger partial charge in [0.05, 0.1) is 11.1 Å². The molecule has 0 fully saturated rings. The summed E-state index contributed by atoms with van der Waals surface area (Å²) in [7, 11) is 0. The van der Waals surface area contributed by atoms with Gasteiger partial charge in [0.1, 0.15) is 11.2 Å². The third-order valence-corrected chi connectivity index (χ3v) is 9.66. The van der Waals surface area contributed by atoms with Crippen LogP contribution in [0.5, 0.6) is 0 Å². The van der Waals surface area contributed by atoms with Crippen molar-refractivity contribution in [1.82, 2.24) is 0 Å². The van der Waals surface area contributed by atoms with Crippen LogP contribution in [0, 0.1) is 0 Å². The lowest BCUT2D eigenvalue weighted by Gasteiger charge is -2.26. The van der Waals surface area contributed by atoms with E-state index in [0.29, 0.717) is 0 Å². The highest BCUT2D eigenvalue weighted by atomic mass is 32.1. The molecule has 0 aliphatic heterocycles. The van der Waals surface area contributed by atoms with Gasteiger partial charge in [0.2, 0.25) is 0 Å². The first-order chi connectivity index (χ1) is 21.3. The minimum absolute atomic E-state index is 0.881. The van der Waals surface area contributed by atoms with Crippen molar-refractivity contribution in [1.29, 1.82) is 0 Å². The molecule has 3 heteroatoms. The van der Waals surface area contributed by atoms with Gasteiger partial charge < -0.3 is 9.32 Å². The van der Waals surface area contributed by atoms with Crippen LogP contribution < -0.4 is 4.90 Å². The quantitative estimate of drug-likeness (QED) is 0.210. The molecule has 2 heterocycles. The molecule has 43 heavy (non-hydrogen) atoms. The molecule has 0 saturated heterocycles. The van der Waals surface area contributed by atoms with Gasteiger partial charge in [-0.3, -0.25) is 0 Å². The average Bonchev–Trinajstić information content (AvgIpc) is 3.65. The van der Waals surface area contributed by atoms with Crippen molar-refractivity contribution in [3.05, 3.63) is 152 Å². The fourth-order valence-corrected chi connectivity index (χ4v) is 7.81. The lowest BCUT2D eigenvalue weighted by Crippen LogP contribution is -2.09. The Hall–Kier alpha value is -5.38. The van der Waals surface area contributed by atoms with E-state index in [1.54, 1.807) is 0 Å². The number of rotatable bonds is 4. The van der Waals surface area contributed by atoms with Gasteiger partial charge in [0.15, 0.2) is 0 Å². The maximum absolute atomic E-state index is 6.73. The van der Waals surface area contributed by atoms with Crippen molar-refractivity contribution in [2.24, 2.45) is 0 Å². The molecular formula is C40H25NOS. The average molecular weight is 568 g/mol. The van der Waals surface area contributed by atoms with Crippen LogP contribution in [-0.4, -0.2) is 0 Å². The number of hydrogen-bond donors (Lipinski definition) is 0.